The maximum Gasteiger partial charge on any atom is 0.343 e. The van der Waals surface area contributed by atoms with Gasteiger partial charge in [-0.25, -0.2) is 9.13 Å². The average molecular weight is 146 g/mol. The minimum Gasteiger partial charge on any atom is -0.232 e. The highest BCUT2D eigenvalue weighted by atomic mass is 31.1. The summed E-state index contributed by atoms with van der Waals surface area (Å²) < 4.78 is 20.4. The summed E-state index contributed by atoms with van der Waals surface area (Å²) in [4.78, 5) is 0. The molecule has 0 aliphatic carbocycles. The Bertz CT molecular complexity index is 169. The van der Waals surface area contributed by atoms with Crippen molar-refractivity contribution in [3.63, 3.8) is 0 Å². The van der Waals surface area contributed by atoms with Gasteiger partial charge in [0.05, 0.1) is 0 Å². The fourth-order valence-corrected chi connectivity index (χ4v) is 0.963. The summed E-state index contributed by atoms with van der Waals surface area (Å²) >= 11 is 0. The van der Waals surface area contributed by atoms with Gasteiger partial charge in [-0.15, -0.1) is 0 Å². The Morgan fingerprint density at radius 3 is 2.00 bits per heavy atom. The van der Waals surface area contributed by atoms with Crippen LogP contribution in [-0.2, 0) is 9.13 Å². The monoisotopic (exact) mass is 146 g/mol. The van der Waals surface area contributed by atoms with E-state index in [2.05, 4.69) is 0 Å². The Kier molecular flexibility index (Phi) is 3.48. The normalized spacial score (nSPS) is 12.2. The lowest BCUT2D eigenvalue weighted by Gasteiger charge is -1.91. The SMILES string of the molecule is C/C(=C/C(C)C)P(=O)=O. The Hall–Kier alpha value is -0.360. The molecule has 3 heteroatoms. The lowest BCUT2D eigenvalue weighted by atomic mass is 10.2. The van der Waals surface area contributed by atoms with Crippen molar-refractivity contribution >= 4 is 7.68 Å². The highest BCUT2D eigenvalue weighted by Gasteiger charge is 1.95. The van der Waals surface area contributed by atoms with Crippen LogP contribution in [-0.4, -0.2) is 0 Å². The second-order valence-corrected chi connectivity index (χ2v) is 3.53. The fourth-order valence-electron chi connectivity index (χ4n) is 0.543. The molecule has 0 N–H and O–H groups in total. The third kappa shape index (κ3) is 4.16. The molecule has 0 aliphatic rings. The third-order valence-corrected chi connectivity index (χ3v) is 1.59. The molecule has 2 nitrogen and oxygen atoms in total. The van der Waals surface area contributed by atoms with E-state index in [1.165, 1.54) is 0 Å². The van der Waals surface area contributed by atoms with Gasteiger partial charge in [0.1, 0.15) is 0 Å². The van der Waals surface area contributed by atoms with E-state index in [0.29, 0.717) is 11.2 Å². The summed E-state index contributed by atoms with van der Waals surface area (Å²) in [6.07, 6.45) is 1.73. The first kappa shape index (κ1) is 8.64. The van der Waals surface area contributed by atoms with E-state index in [4.69, 9.17) is 0 Å². The molecule has 0 radical (unpaired) electrons. The molecule has 9 heavy (non-hydrogen) atoms. The topological polar surface area (TPSA) is 34.1 Å². The van der Waals surface area contributed by atoms with Crippen molar-refractivity contribution in [2.75, 3.05) is 0 Å². The van der Waals surface area contributed by atoms with Crippen molar-refractivity contribution in [2.24, 2.45) is 5.92 Å². The van der Waals surface area contributed by atoms with Crippen LogP contribution in [0.15, 0.2) is 11.4 Å². The number of hydrogen-bond acceptors (Lipinski definition) is 2. The largest absolute Gasteiger partial charge is 0.343 e. The molecule has 0 aromatic heterocycles. The zero-order valence-corrected chi connectivity index (χ0v) is 6.81. The molecular formula is C6H11O2P. The lowest BCUT2D eigenvalue weighted by molar-refractivity contribution is 0.520. The van der Waals surface area contributed by atoms with E-state index in [-0.39, 0.29) is 0 Å². The van der Waals surface area contributed by atoms with Gasteiger partial charge in [0.2, 0.25) is 0 Å². The molecule has 0 amide bonds. The number of allylic oxidation sites excluding steroid dienone is 2. The van der Waals surface area contributed by atoms with Crippen molar-refractivity contribution in [3.05, 3.63) is 11.4 Å². The molecular weight excluding hydrogens is 135 g/mol. The van der Waals surface area contributed by atoms with E-state index in [0.717, 1.165) is 0 Å². The molecule has 0 rings (SSSR count). The van der Waals surface area contributed by atoms with Crippen LogP contribution in [0, 0.1) is 5.92 Å². The summed E-state index contributed by atoms with van der Waals surface area (Å²) in [5, 5.41) is 0.458. The summed E-state index contributed by atoms with van der Waals surface area (Å²) in [6.45, 7) is 5.50. The Labute approximate surface area is 55.8 Å². The smallest absolute Gasteiger partial charge is 0.232 e. The quantitative estimate of drug-likeness (QED) is 0.561. The molecule has 0 aromatic carbocycles. The molecule has 0 unspecified atom stereocenters. The van der Waals surface area contributed by atoms with E-state index in [9.17, 15) is 9.13 Å². The maximum absolute atomic E-state index is 10.2. The highest BCUT2D eigenvalue weighted by Crippen LogP contribution is 2.19. The molecule has 0 fully saturated rings. The predicted molar refractivity (Wildman–Crippen MR) is 36.9 cm³/mol. The lowest BCUT2D eigenvalue weighted by Crippen LogP contribution is -1.77. The number of rotatable bonds is 2. The molecule has 0 bridgehead atoms. The zero-order valence-electron chi connectivity index (χ0n) is 5.92. The molecule has 0 spiro atoms. The molecule has 0 aliphatic heterocycles. The summed E-state index contributed by atoms with van der Waals surface area (Å²) in [5.41, 5.74) is 0. The minimum atomic E-state index is -2.33. The van der Waals surface area contributed by atoms with Crippen LogP contribution in [0.3, 0.4) is 0 Å². The van der Waals surface area contributed by atoms with Gasteiger partial charge in [-0.1, -0.05) is 19.9 Å². The van der Waals surface area contributed by atoms with Gasteiger partial charge in [0.25, 0.3) is 0 Å². The van der Waals surface area contributed by atoms with Gasteiger partial charge in [-0.2, -0.15) is 0 Å². The van der Waals surface area contributed by atoms with Crippen molar-refractivity contribution in [1.29, 1.82) is 0 Å². The van der Waals surface area contributed by atoms with E-state index < -0.39 is 7.68 Å². The minimum absolute atomic E-state index is 0.317. The standard InChI is InChI=1S/C6H11O2P/c1-5(2)4-6(3)9(7)8/h4-5H,1-3H3/b6-4-. The van der Waals surface area contributed by atoms with Crippen molar-refractivity contribution in [2.45, 2.75) is 20.8 Å². The van der Waals surface area contributed by atoms with Crippen molar-refractivity contribution in [3.8, 4) is 0 Å². The van der Waals surface area contributed by atoms with Gasteiger partial charge in [-0.3, -0.25) is 0 Å². The molecule has 0 atom stereocenters. The predicted octanol–water partition coefficient (Wildman–Crippen LogP) is 2.72. The Morgan fingerprint density at radius 2 is 1.89 bits per heavy atom. The first-order valence-electron chi connectivity index (χ1n) is 2.87. The van der Waals surface area contributed by atoms with Crippen LogP contribution in [0.1, 0.15) is 20.8 Å². The molecule has 0 heterocycles. The number of hydrogen-bond donors (Lipinski definition) is 0. The second kappa shape index (κ2) is 3.62. The van der Waals surface area contributed by atoms with Crippen molar-refractivity contribution in [1.82, 2.24) is 0 Å². The van der Waals surface area contributed by atoms with Crippen LogP contribution < -0.4 is 0 Å². The molecule has 52 valence electrons. The zero-order chi connectivity index (χ0) is 7.44. The van der Waals surface area contributed by atoms with Crippen LogP contribution in [0.4, 0.5) is 0 Å². The molecule has 0 saturated heterocycles. The van der Waals surface area contributed by atoms with Gasteiger partial charge in [-0.05, 0) is 12.8 Å². The highest BCUT2D eigenvalue weighted by molar-refractivity contribution is 7.36. The van der Waals surface area contributed by atoms with E-state index in [1.54, 1.807) is 13.0 Å². The summed E-state index contributed by atoms with van der Waals surface area (Å²) in [5.74, 6) is 0.317. The van der Waals surface area contributed by atoms with Crippen LogP contribution in [0.5, 0.6) is 0 Å². The Balaban J connectivity index is 4.17. The fraction of sp³-hybridized carbons (Fsp3) is 0.667. The van der Waals surface area contributed by atoms with Crippen LogP contribution in [0.2, 0.25) is 0 Å². The van der Waals surface area contributed by atoms with Crippen LogP contribution >= 0.6 is 7.68 Å². The molecule has 0 aromatic rings. The Morgan fingerprint density at radius 1 is 1.44 bits per heavy atom. The third-order valence-electron chi connectivity index (χ3n) is 0.863. The van der Waals surface area contributed by atoms with E-state index >= 15 is 0 Å². The first-order valence-corrected chi connectivity index (χ1v) is 4.04. The van der Waals surface area contributed by atoms with Crippen LogP contribution in [0.25, 0.3) is 0 Å². The van der Waals surface area contributed by atoms with Crippen molar-refractivity contribution < 1.29 is 9.13 Å². The van der Waals surface area contributed by atoms with Gasteiger partial charge < -0.3 is 0 Å². The van der Waals surface area contributed by atoms with Gasteiger partial charge in [0.15, 0.2) is 0 Å². The first-order chi connectivity index (χ1) is 4.04. The maximum atomic E-state index is 10.2. The second-order valence-electron chi connectivity index (χ2n) is 2.31. The average Bonchev–Trinajstić information content (AvgIpc) is 1.63. The summed E-state index contributed by atoms with van der Waals surface area (Å²) in [6, 6.07) is 0. The van der Waals surface area contributed by atoms with Gasteiger partial charge >= 0.3 is 7.68 Å². The van der Waals surface area contributed by atoms with Gasteiger partial charge in [0, 0.05) is 5.31 Å². The summed E-state index contributed by atoms with van der Waals surface area (Å²) in [7, 11) is -2.33. The molecule has 0 saturated carbocycles. The van der Waals surface area contributed by atoms with E-state index in [1.807, 2.05) is 13.8 Å².